The van der Waals surface area contributed by atoms with Crippen LogP contribution in [0.4, 0.5) is 0 Å². The number of hydrogen-bond donors (Lipinski definition) is 1. The van der Waals surface area contributed by atoms with Crippen molar-refractivity contribution in [3.05, 3.63) is 0 Å². The standard InChI is InChI=1S/C13H24N2O3/c1-3-17-13(18-4-2)9-14-10-8-12(16)15-7-5-6-11(10)15/h10-11,13-14H,3-9H2,1-2H3. The minimum absolute atomic E-state index is 0.203. The van der Waals surface area contributed by atoms with E-state index in [1.165, 1.54) is 0 Å². The van der Waals surface area contributed by atoms with Crippen molar-refractivity contribution in [2.75, 3.05) is 26.3 Å². The summed E-state index contributed by atoms with van der Waals surface area (Å²) in [6.45, 7) is 6.80. The number of nitrogens with zero attached hydrogens (tertiary/aromatic N) is 1. The van der Waals surface area contributed by atoms with Crippen LogP contribution >= 0.6 is 0 Å². The van der Waals surface area contributed by atoms with Gasteiger partial charge < -0.3 is 19.7 Å². The molecule has 2 aliphatic heterocycles. The first-order valence-corrected chi connectivity index (χ1v) is 7.02. The minimum Gasteiger partial charge on any atom is -0.352 e. The monoisotopic (exact) mass is 256 g/mol. The number of hydrogen-bond acceptors (Lipinski definition) is 4. The lowest BCUT2D eigenvalue weighted by Crippen LogP contribution is -2.43. The summed E-state index contributed by atoms with van der Waals surface area (Å²) in [5.41, 5.74) is 0. The van der Waals surface area contributed by atoms with Crippen molar-refractivity contribution in [2.24, 2.45) is 0 Å². The first kappa shape index (κ1) is 13.8. The zero-order valence-electron chi connectivity index (χ0n) is 11.4. The summed E-state index contributed by atoms with van der Waals surface area (Å²) in [5, 5.41) is 3.44. The molecule has 5 nitrogen and oxygen atoms in total. The fraction of sp³-hybridized carbons (Fsp3) is 0.923. The Morgan fingerprint density at radius 3 is 2.78 bits per heavy atom. The number of fused-ring (bicyclic) bond motifs is 1. The molecule has 104 valence electrons. The topological polar surface area (TPSA) is 50.8 Å². The molecule has 0 aromatic rings. The van der Waals surface area contributed by atoms with Crippen LogP contribution in [0.1, 0.15) is 33.1 Å². The molecule has 0 aromatic heterocycles. The second kappa shape index (κ2) is 6.50. The molecule has 0 radical (unpaired) electrons. The number of carbonyl (C=O) groups excluding carboxylic acids is 1. The van der Waals surface area contributed by atoms with Crippen molar-refractivity contribution in [1.29, 1.82) is 0 Å². The van der Waals surface area contributed by atoms with Gasteiger partial charge in [-0.15, -0.1) is 0 Å². The Morgan fingerprint density at radius 2 is 2.11 bits per heavy atom. The van der Waals surface area contributed by atoms with Crippen molar-refractivity contribution in [3.8, 4) is 0 Å². The Morgan fingerprint density at radius 1 is 1.39 bits per heavy atom. The third kappa shape index (κ3) is 3.02. The number of amides is 1. The Labute approximate surface area is 109 Å². The van der Waals surface area contributed by atoms with Crippen molar-refractivity contribution in [2.45, 2.75) is 51.5 Å². The molecule has 1 amide bonds. The zero-order valence-corrected chi connectivity index (χ0v) is 11.4. The van der Waals surface area contributed by atoms with E-state index in [0.717, 1.165) is 19.4 Å². The fourth-order valence-electron chi connectivity index (χ4n) is 2.96. The maximum Gasteiger partial charge on any atom is 0.224 e. The van der Waals surface area contributed by atoms with E-state index in [1.807, 2.05) is 18.7 Å². The van der Waals surface area contributed by atoms with Gasteiger partial charge in [-0.3, -0.25) is 4.79 Å². The van der Waals surface area contributed by atoms with Crippen molar-refractivity contribution < 1.29 is 14.3 Å². The molecule has 2 rings (SSSR count). The van der Waals surface area contributed by atoms with Gasteiger partial charge in [-0.05, 0) is 26.7 Å². The lowest BCUT2D eigenvalue weighted by Gasteiger charge is -2.24. The number of rotatable bonds is 7. The van der Waals surface area contributed by atoms with Crippen LogP contribution in [0.2, 0.25) is 0 Å². The van der Waals surface area contributed by atoms with Gasteiger partial charge in [-0.2, -0.15) is 0 Å². The summed E-state index contributed by atoms with van der Waals surface area (Å²) in [6.07, 6.45) is 2.67. The van der Waals surface area contributed by atoms with Gasteiger partial charge in [0.05, 0.1) is 0 Å². The minimum atomic E-state index is -0.203. The van der Waals surface area contributed by atoms with Crippen LogP contribution in [0.5, 0.6) is 0 Å². The average Bonchev–Trinajstić information content (AvgIpc) is 2.92. The van der Waals surface area contributed by atoms with E-state index in [9.17, 15) is 4.79 Å². The third-order valence-corrected chi connectivity index (χ3v) is 3.73. The lowest BCUT2D eigenvalue weighted by molar-refractivity contribution is -0.134. The molecular formula is C13H24N2O3. The highest BCUT2D eigenvalue weighted by molar-refractivity contribution is 5.80. The summed E-state index contributed by atoms with van der Waals surface area (Å²) in [5.74, 6) is 0.291. The molecule has 1 N–H and O–H groups in total. The molecule has 2 fully saturated rings. The number of carbonyl (C=O) groups is 1. The SMILES string of the molecule is CCOC(CNC1CC(=O)N2CCCC12)OCC. The van der Waals surface area contributed by atoms with Crippen LogP contribution in [-0.2, 0) is 14.3 Å². The molecular weight excluding hydrogens is 232 g/mol. The second-order valence-electron chi connectivity index (χ2n) is 4.86. The van der Waals surface area contributed by atoms with E-state index in [1.54, 1.807) is 0 Å². The molecule has 0 aliphatic carbocycles. The van der Waals surface area contributed by atoms with E-state index in [4.69, 9.17) is 9.47 Å². The molecule has 0 bridgehead atoms. The highest BCUT2D eigenvalue weighted by Crippen LogP contribution is 2.28. The summed E-state index contributed by atoms with van der Waals surface area (Å²) in [6, 6.07) is 0.657. The van der Waals surface area contributed by atoms with Crippen LogP contribution in [0, 0.1) is 0 Å². The van der Waals surface area contributed by atoms with Crippen LogP contribution in [-0.4, -0.2) is 55.5 Å². The predicted octanol–water partition coefficient (Wildman–Crippen LogP) is 0.738. The summed E-state index contributed by atoms with van der Waals surface area (Å²) < 4.78 is 11.0. The van der Waals surface area contributed by atoms with Crippen molar-refractivity contribution in [3.63, 3.8) is 0 Å². The molecule has 5 heteroatoms. The molecule has 2 atom stereocenters. The molecule has 18 heavy (non-hydrogen) atoms. The predicted molar refractivity (Wildman–Crippen MR) is 68.2 cm³/mol. The molecule has 2 heterocycles. The smallest absolute Gasteiger partial charge is 0.224 e. The molecule has 2 aliphatic rings. The molecule has 2 saturated heterocycles. The summed E-state index contributed by atoms with van der Waals surface area (Å²) >= 11 is 0. The maximum absolute atomic E-state index is 11.8. The summed E-state index contributed by atoms with van der Waals surface area (Å²) in [7, 11) is 0. The van der Waals surface area contributed by atoms with E-state index in [2.05, 4.69) is 5.32 Å². The normalized spacial score (nSPS) is 27.3. The number of nitrogens with one attached hydrogen (secondary N) is 1. The van der Waals surface area contributed by atoms with Gasteiger partial charge in [0.15, 0.2) is 6.29 Å². The fourth-order valence-corrected chi connectivity index (χ4v) is 2.96. The highest BCUT2D eigenvalue weighted by atomic mass is 16.7. The maximum atomic E-state index is 11.8. The first-order valence-electron chi connectivity index (χ1n) is 7.02. The van der Waals surface area contributed by atoms with Gasteiger partial charge in [-0.1, -0.05) is 0 Å². The quantitative estimate of drug-likeness (QED) is 0.683. The van der Waals surface area contributed by atoms with Crippen LogP contribution in [0.3, 0.4) is 0 Å². The van der Waals surface area contributed by atoms with E-state index in [-0.39, 0.29) is 12.3 Å². The third-order valence-electron chi connectivity index (χ3n) is 3.73. The number of ether oxygens (including phenoxy) is 2. The first-order chi connectivity index (χ1) is 8.76. The largest absolute Gasteiger partial charge is 0.352 e. The second-order valence-corrected chi connectivity index (χ2v) is 4.86. The molecule has 0 saturated carbocycles. The Kier molecular flexibility index (Phi) is 4.97. The lowest BCUT2D eigenvalue weighted by atomic mass is 10.1. The molecule has 0 aromatic carbocycles. The van der Waals surface area contributed by atoms with Crippen molar-refractivity contribution in [1.82, 2.24) is 10.2 Å². The Hall–Kier alpha value is -0.650. The van der Waals surface area contributed by atoms with Crippen LogP contribution in [0.15, 0.2) is 0 Å². The van der Waals surface area contributed by atoms with E-state index >= 15 is 0 Å². The summed E-state index contributed by atoms with van der Waals surface area (Å²) in [4.78, 5) is 13.8. The van der Waals surface area contributed by atoms with Crippen LogP contribution < -0.4 is 5.32 Å². The van der Waals surface area contributed by atoms with Gasteiger partial charge in [0.25, 0.3) is 0 Å². The zero-order chi connectivity index (χ0) is 13.0. The van der Waals surface area contributed by atoms with Crippen LogP contribution in [0.25, 0.3) is 0 Å². The van der Waals surface area contributed by atoms with E-state index < -0.39 is 0 Å². The van der Waals surface area contributed by atoms with Gasteiger partial charge in [-0.25, -0.2) is 0 Å². The average molecular weight is 256 g/mol. The molecule has 0 spiro atoms. The van der Waals surface area contributed by atoms with Gasteiger partial charge in [0, 0.05) is 44.8 Å². The molecule has 2 unspecified atom stereocenters. The van der Waals surface area contributed by atoms with Crippen molar-refractivity contribution >= 4 is 5.91 Å². The Balaban J connectivity index is 1.80. The Bertz CT molecular complexity index is 279. The van der Waals surface area contributed by atoms with Gasteiger partial charge in [0.2, 0.25) is 5.91 Å². The van der Waals surface area contributed by atoms with Gasteiger partial charge in [0.1, 0.15) is 0 Å². The highest BCUT2D eigenvalue weighted by Gasteiger charge is 2.42. The van der Waals surface area contributed by atoms with E-state index in [0.29, 0.717) is 38.1 Å². The van der Waals surface area contributed by atoms with Gasteiger partial charge >= 0.3 is 0 Å².